The molecule has 2 fully saturated rings. The number of hydrogen-bond donors (Lipinski definition) is 0. The van der Waals surface area contributed by atoms with Crippen LogP contribution in [0.15, 0.2) is 0 Å². The lowest BCUT2D eigenvalue weighted by Crippen LogP contribution is -2.12. The van der Waals surface area contributed by atoms with E-state index in [1.54, 1.807) is 7.11 Å². The highest BCUT2D eigenvalue weighted by Gasteiger charge is 2.50. The monoisotopic (exact) mass is 114 g/mol. The predicted octanol–water partition coefficient (Wildman–Crippen LogP) is 0.563. The number of ether oxygens (including phenoxy) is 2. The second-order valence-corrected chi connectivity index (χ2v) is 2.49. The summed E-state index contributed by atoms with van der Waals surface area (Å²) < 4.78 is 10.4. The van der Waals surface area contributed by atoms with Gasteiger partial charge in [0.2, 0.25) is 0 Å². The highest BCUT2D eigenvalue weighted by atomic mass is 16.6. The van der Waals surface area contributed by atoms with Crippen molar-refractivity contribution in [2.24, 2.45) is 0 Å². The number of fused-ring (bicyclic) bond motifs is 1. The standard InChI is InChI=1S/C6H10O2/c1-7-4-2-3-5-6(4)8-5/h4-6H,2-3H2,1H3/t4-,5+,6+/m0/s1. The minimum Gasteiger partial charge on any atom is -0.379 e. The van der Waals surface area contributed by atoms with Gasteiger partial charge >= 0.3 is 0 Å². The zero-order chi connectivity index (χ0) is 5.56. The lowest BCUT2D eigenvalue weighted by Gasteiger charge is -2.05. The maximum atomic E-state index is 5.23. The molecule has 2 rings (SSSR count). The second kappa shape index (κ2) is 1.45. The molecule has 0 bridgehead atoms. The van der Waals surface area contributed by atoms with Crippen molar-refractivity contribution in [3.05, 3.63) is 0 Å². The van der Waals surface area contributed by atoms with E-state index >= 15 is 0 Å². The van der Waals surface area contributed by atoms with E-state index in [0.29, 0.717) is 18.3 Å². The zero-order valence-corrected chi connectivity index (χ0v) is 4.96. The fraction of sp³-hybridized carbons (Fsp3) is 1.00. The van der Waals surface area contributed by atoms with Gasteiger partial charge < -0.3 is 9.47 Å². The topological polar surface area (TPSA) is 21.8 Å². The maximum Gasteiger partial charge on any atom is 0.110 e. The Kier molecular flexibility index (Phi) is 0.866. The Morgan fingerprint density at radius 3 is 2.62 bits per heavy atom. The Hall–Kier alpha value is -0.0800. The summed E-state index contributed by atoms with van der Waals surface area (Å²) in [7, 11) is 1.76. The number of hydrogen-bond acceptors (Lipinski definition) is 2. The average Bonchev–Trinajstić information content (AvgIpc) is 2.46. The summed E-state index contributed by atoms with van der Waals surface area (Å²) in [6, 6.07) is 0. The van der Waals surface area contributed by atoms with Crippen LogP contribution >= 0.6 is 0 Å². The molecule has 0 N–H and O–H groups in total. The van der Waals surface area contributed by atoms with E-state index in [4.69, 9.17) is 9.47 Å². The number of methoxy groups -OCH3 is 1. The molecule has 0 radical (unpaired) electrons. The number of rotatable bonds is 1. The van der Waals surface area contributed by atoms with Crippen molar-refractivity contribution in [1.29, 1.82) is 0 Å². The van der Waals surface area contributed by atoms with Gasteiger partial charge in [0.25, 0.3) is 0 Å². The molecule has 0 amide bonds. The van der Waals surface area contributed by atoms with Gasteiger partial charge in [-0.25, -0.2) is 0 Å². The first-order valence-corrected chi connectivity index (χ1v) is 3.10. The third-order valence-electron chi connectivity index (χ3n) is 2.03. The average molecular weight is 114 g/mol. The summed E-state index contributed by atoms with van der Waals surface area (Å²) in [5, 5.41) is 0. The van der Waals surface area contributed by atoms with E-state index in [2.05, 4.69) is 0 Å². The van der Waals surface area contributed by atoms with Crippen molar-refractivity contribution in [2.75, 3.05) is 7.11 Å². The van der Waals surface area contributed by atoms with Crippen LogP contribution in [-0.2, 0) is 9.47 Å². The lowest BCUT2D eigenvalue weighted by atomic mass is 10.3. The first-order chi connectivity index (χ1) is 3.92. The van der Waals surface area contributed by atoms with Gasteiger partial charge in [0.1, 0.15) is 6.10 Å². The van der Waals surface area contributed by atoms with Crippen molar-refractivity contribution in [1.82, 2.24) is 0 Å². The Morgan fingerprint density at radius 1 is 1.50 bits per heavy atom. The largest absolute Gasteiger partial charge is 0.379 e. The van der Waals surface area contributed by atoms with Crippen molar-refractivity contribution in [3.8, 4) is 0 Å². The first kappa shape index (κ1) is 4.77. The molecule has 0 aromatic rings. The molecular formula is C6H10O2. The van der Waals surface area contributed by atoms with E-state index in [0.717, 1.165) is 0 Å². The van der Waals surface area contributed by atoms with Crippen molar-refractivity contribution < 1.29 is 9.47 Å². The Morgan fingerprint density at radius 2 is 2.38 bits per heavy atom. The van der Waals surface area contributed by atoms with Crippen LogP contribution in [0.2, 0.25) is 0 Å². The summed E-state index contributed by atoms with van der Waals surface area (Å²) in [6.45, 7) is 0. The molecule has 1 heterocycles. The summed E-state index contributed by atoms with van der Waals surface area (Å²) in [4.78, 5) is 0. The molecule has 1 saturated heterocycles. The highest BCUT2D eigenvalue weighted by molar-refractivity contribution is 4.98. The van der Waals surface area contributed by atoms with E-state index in [9.17, 15) is 0 Å². The van der Waals surface area contributed by atoms with Gasteiger partial charge in [-0.15, -0.1) is 0 Å². The van der Waals surface area contributed by atoms with Crippen LogP contribution in [0.4, 0.5) is 0 Å². The predicted molar refractivity (Wildman–Crippen MR) is 28.7 cm³/mol. The molecule has 1 aliphatic heterocycles. The number of epoxide rings is 1. The summed E-state index contributed by atoms with van der Waals surface area (Å²) in [5.74, 6) is 0. The molecule has 0 unspecified atom stereocenters. The molecule has 1 aliphatic carbocycles. The summed E-state index contributed by atoms with van der Waals surface area (Å²) in [5.41, 5.74) is 0. The quantitative estimate of drug-likeness (QED) is 0.465. The minimum atomic E-state index is 0.417. The summed E-state index contributed by atoms with van der Waals surface area (Å²) in [6.07, 6.45) is 3.87. The van der Waals surface area contributed by atoms with E-state index in [1.807, 2.05) is 0 Å². The third kappa shape index (κ3) is 0.501. The molecule has 2 aliphatic rings. The molecule has 0 aromatic heterocycles. The van der Waals surface area contributed by atoms with Gasteiger partial charge in [0, 0.05) is 7.11 Å². The molecule has 8 heavy (non-hydrogen) atoms. The van der Waals surface area contributed by atoms with Crippen LogP contribution in [0.5, 0.6) is 0 Å². The van der Waals surface area contributed by atoms with Crippen LogP contribution in [0.1, 0.15) is 12.8 Å². The molecule has 0 spiro atoms. The van der Waals surface area contributed by atoms with E-state index in [1.165, 1.54) is 12.8 Å². The van der Waals surface area contributed by atoms with Gasteiger partial charge in [-0.2, -0.15) is 0 Å². The van der Waals surface area contributed by atoms with Crippen LogP contribution in [-0.4, -0.2) is 25.4 Å². The van der Waals surface area contributed by atoms with Crippen LogP contribution in [0.25, 0.3) is 0 Å². The molecule has 2 heteroatoms. The SMILES string of the molecule is CO[C@H]1CC[C@H]2O[C@H]12. The minimum absolute atomic E-state index is 0.417. The van der Waals surface area contributed by atoms with Crippen LogP contribution < -0.4 is 0 Å². The van der Waals surface area contributed by atoms with Gasteiger partial charge in [-0.05, 0) is 12.8 Å². The molecule has 3 atom stereocenters. The maximum absolute atomic E-state index is 5.23. The second-order valence-electron chi connectivity index (χ2n) is 2.49. The first-order valence-electron chi connectivity index (χ1n) is 3.10. The summed E-state index contributed by atoms with van der Waals surface area (Å²) >= 11 is 0. The van der Waals surface area contributed by atoms with Crippen molar-refractivity contribution in [3.63, 3.8) is 0 Å². The highest BCUT2D eigenvalue weighted by Crippen LogP contribution is 2.39. The van der Waals surface area contributed by atoms with Gasteiger partial charge in [0.05, 0.1) is 12.2 Å². The van der Waals surface area contributed by atoms with Gasteiger partial charge in [-0.3, -0.25) is 0 Å². The van der Waals surface area contributed by atoms with E-state index in [-0.39, 0.29) is 0 Å². The van der Waals surface area contributed by atoms with Crippen molar-refractivity contribution >= 4 is 0 Å². The van der Waals surface area contributed by atoms with Crippen LogP contribution in [0, 0.1) is 0 Å². The van der Waals surface area contributed by atoms with E-state index < -0.39 is 0 Å². The molecule has 46 valence electrons. The zero-order valence-electron chi connectivity index (χ0n) is 4.96. The fourth-order valence-electron chi connectivity index (χ4n) is 1.46. The third-order valence-corrected chi connectivity index (χ3v) is 2.03. The Balaban J connectivity index is 1.97. The molecule has 0 aromatic carbocycles. The van der Waals surface area contributed by atoms with Gasteiger partial charge in [0.15, 0.2) is 0 Å². The normalized spacial score (nSPS) is 51.4. The molecule has 2 nitrogen and oxygen atoms in total. The fourth-order valence-corrected chi connectivity index (χ4v) is 1.46. The Bertz CT molecular complexity index is 103. The molecular weight excluding hydrogens is 104 g/mol. The van der Waals surface area contributed by atoms with Gasteiger partial charge in [-0.1, -0.05) is 0 Å². The smallest absolute Gasteiger partial charge is 0.110 e. The molecule has 1 saturated carbocycles. The lowest BCUT2D eigenvalue weighted by molar-refractivity contribution is 0.0669. The van der Waals surface area contributed by atoms with Crippen molar-refractivity contribution in [2.45, 2.75) is 31.2 Å². The Labute approximate surface area is 48.8 Å². The van der Waals surface area contributed by atoms with Crippen LogP contribution in [0.3, 0.4) is 0 Å².